The molecule has 0 heterocycles. The van der Waals surface area contributed by atoms with Crippen molar-refractivity contribution in [3.8, 4) is 0 Å². The lowest BCUT2D eigenvalue weighted by Crippen LogP contribution is -2.07. The molecule has 0 aliphatic heterocycles. The molecule has 0 saturated carbocycles. The van der Waals surface area contributed by atoms with Crippen molar-refractivity contribution < 1.29 is 9.90 Å². The van der Waals surface area contributed by atoms with Gasteiger partial charge in [0.15, 0.2) is 0 Å². The van der Waals surface area contributed by atoms with E-state index < -0.39 is 5.97 Å². The fourth-order valence-corrected chi connectivity index (χ4v) is 2.57. The van der Waals surface area contributed by atoms with Gasteiger partial charge in [-0.05, 0) is 42.8 Å². The first-order chi connectivity index (χ1) is 9.47. The van der Waals surface area contributed by atoms with Crippen molar-refractivity contribution in [1.29, 1.82) is 0 Å². The molecule has 0 amide bonds. The molecule has 2 aromatic carbocycles. The van der Waals surface area contributed by atoms with Crippen molar-refractivity contribution in [1.82, 2.24) is 0 Å². The quantitative estimate of drug-likeness (QED) is 0.814. The maximum Gasteiger partial charge on any atom is 0.337 e. The number of hydrogen-bond acceptors (Lipinski definition) is 2. The summed E-state index contributed by atoms with van der Waals surface area (Å²) in [7, 11) is 0. The van der Waals surface area contributed by atoms with Crippen LogP contribution in [0.4, 0.5) is 5.69 Å². The number of nitrogens with one attached hydrogen (secondary N) is 1. The van der Waals surface area contributed by atoms with E-state index in [0.29, 0.717) is 0 Å². The van der Waals surface area contributed by atoms with Crippen molar-refractivity contribution in [3.05, 3.63) is 63.1 Å². The SMILES string of the molecule is CC(Nc1ccc(C(=O)O)c(Cl)c1)c1cccc(Br)c1. The molecular formula is C15H13BrClNO2. The molecule has 0 aliphatic carbocycles. The van der Waals surface area contributed by atoms with Gasteiger partial charge in [0.25, 0.3) is 0 Å². The van der Waals surface area contributed by atoms with Gasteiger partial charge in [-0.2, -0.15) is 0 Å². The minimum absolute atomic E-state index is 0.0826. The van der Waals surface area contributed by atoms with Gasteiger partial charge in [-0.15, -0.1) is 0 Å². The number of anilines is 1. The first kappa shape index (κ1) is 14.9. The van der Waals surface area contributed by atoms with E-state index in [1.54, 1.807) is 12.1 Å². The Morgan fingerprint density at radius 1 is 1.30 bits per heavy atom. The first-order valence-corrected chi connectivity index (χ1v) is 7.19. The number of aromatic carboxylic acids is 1. The van der Waals surface area contributed by atoms with E-state index in [-0.39, 0.29) is 16.6 Å². The van der Waals surface area contributed by atoms with Crippen molar-refractivity contribution in [2.45, 2.75) is 13.0 Å². The van der Waals surface area contributed by atoms with Crippen LogP contribution in [0.1, 0.15) is 28.9 Å². The summed E-state index contributed by atoms with van der Waals surface area (Å²) < 4.78 is 1.02. The monoisotopic (exact) mass is 353 g/mol. The van der Waals surface area contributed by atoms with Crippen LogP contribution in [0.5, 0.6) is 0 Å². The van der Waals surface area contributed by atoms with E-state index in [1.807, 2.05) is 31.2 Å². The Labute approximate surface area is 130 Å². The summed E-state index contributed by atoms with van der Waals surface area (Å²) >= 11 is 9.39. The average Bonchev–Trinajstić information content (AvgIpc) is 2.38. The van der Waals surface area contributed by atoms with Crippen LogP contribution in [0.3, 0.4) is 0 Å². The zero-order valence-electron chi connectivity index (χ0n) is 10.7. The van der Waals surface area contributed by atoms with Crippen molar-refractivity contribution in [3.63, 3.8) is 0 Å². The predicted octanol–water partition coefficient (Wildman–Crippen LogP) is 4.97. The maximum atomic E-state index is 10.9. The molecule has 0 spiro atoms. The summed E-state index contributed by atoms with van der Waals surface area (Å²) in [6.07, 6.45) is 0. The van der Waals surface area contributed by atoms with E-state index in [0.717, 1.165) is 15.7 Å². The van der Waals surface area contributed by atoms with Crippen LogP contribution >= 0.6 is 27.5 Å². The minimum atomic E-state index is -1.03. The molecule has 0 fully saturated rings. The molecule has 0 radical (unpaired) electrons. The standard InChI is InChI=1S/C15H13BrClNO2/c1-9(10-3-2-4-11(16)7-10)18-12-5-6-13(15(19)20)14(17)8-12/h2-9,18H,1H3,(H,19,20). The lowest BCUT2D eigenvalue weighted by atomic mass is 10.1. The third-order valence-electron chi connectivity index (χ3n) is 2.93. The van der Waals surface area contributed by atoms with Crippen LogP contribution in [0.25, 0.3) is 0 Å². The zero-order chi connectivity index (χ0) is 14.7. The van der Waals surface area contributed by atoms with Crippen LogP contribution < -0.4 is 5.32 Å². The molecule has 0 aromatic heterocycles. The Kier molecular flexibility index (Phi) is 4.68. The van der Waals surface area contributed by atoms with Crippen molar-refractivity contribution in [2.24, 2.45) is 0 Å². The van der Waals surface area contributed by atoms with E-state index >= 15 is 0 Å². The Hall–Kier alpha value is -1.52. The van der Waals surface area contributed by atoms with Crippen LogP contribution in [0.15, 0.2) is 46.9 Å². The minimum Gasteiger partial charge on any atom is -0.478 e. The molecule has 0 bridgehead atoms. The topological polar surface area (TPSA) is 49.3 Å². The van der Waals surface area contributed by atoms with Crippen molar-refractivity contribution in [2.75, 3.05) is 5.32 Å². The highest BCUT2D eigenvalue weighted by molar-refractivity contribution is 9.10. The van der Waals surface area contributed by atoms with Gasteiger partial charge in [0.2, 0.25) is 0 Å². The first-order valence-electron chi connectivity index (χ1n) is 6.02. The molecule has 2 aromatic rings. The third kappa shape index (κ3) is 3.52. The number of halogens is 2. The average molecular weight is 355 g/mol. The number of hydrogen-bond donors (Lipinski definition) is 2. The summed E-state index contributed by atoms with van der Waals surface area (Å²) in [6.45, 7) is 2.03. The number of rotatable bonds is 4. The summed E-state index contributed by atoms with van der Waals surface area (Å²) in [5.74, 6) is -1.03. The van der Waals surface area contributed by atoms with Gasteiger partial charge in [-0.3, -0.25) is 0 Å². The molecule has 20 heavy (non-hydrogen) atoms. The summed E-state index contributed by atoms with van der Waals surface area (Å²) in [5, 5.41) is 12.5. The smallest absolute Gasteiger partial charge is 0.337 e. The largest absolute Gasteiger partial charge is 0.478 e. The van der Waals surface area contributed by atoms with Gasteiger partial charge in [0.1, 0.15) is 0 Å². The predicted molar refractivity (Wildman–Crippen MR) is 84.6 cm³/mol. The lowest BCUT2D eigenvalue weighted by Gasteiger charge is -2.16. The van der Waals surface area contributed by atoms with E-state index in [4.69, 9.17) is 16.7 Å². The lowest BCUT2D eigenvalue weighted by molar-refractivity contribution is 0.0697. The highest BCUT2D eigenvalue weighted by Crippen LogP contribution is 2.25. The fourth-order valence-electron chi connectivity index (χ4n) is 1.89. The van der Waals surface area contributed by atoms with Crippen LogP contribution in [0.2, 0.25) is 5.02 Å². The highest BCUT2D eigenvalue weighted by atomic mass is 79.9. The van der Waals surface area contributed by atoms with Crippen LogP contribution in [0, 0.1) is 0 Å². The fraction of sp³-hybridized carbons (Fsp3) is 0.133. The second-order valence-corrected chi connectivity index (χ2v) is 5.74. The molecule has 1 unspecified atom stereocenters. The molecule has 5 heteroatoms. The molecule has 0 saturated heterocycles. The molecule has 104 valence electrons. The number of carboxylic acid groups (broad SMARTS) is 1. The molecule has 3 nitrogen and oxygen atoms in total. The van der Waals surface area contributed by atoms with Crippen LogP contribution in [-0.4, -0.2) is 11.1 Å². The van der Waals surface area contributed by atoms with E-state index in [9.17, 15) is 4.79 Å². The third-order valence-corrected chi connectivity index (χ3v) is 3.74. The Morgan fingerprint density at radius 2 is 2.05 bits per heavy atom. The van der Waals surface area contributed by atoms with Gasteiger partial charge in [0, 0.05) is 16.2 Å². The molecule has 2 rings (SSSR count). The molecule has 1 atom stereocenters. The molecule has 0 aliphatic rings. The second kappa shape index (κ2) is 6.29. The van der Waals surface area contributed by atoms with Gasteiger partial charge in [-0.25, -0.2) is 4.79 Å². The number of benzene rings is 2. The highest BCUT2D eigenvalue weighted by Gasteiger charge is 2.11. The zero-order valence-corrected chi connectivity index (χ0v) is 13.1. The Bertz CT molecular complexity index is 646. The van der Waals surface area contributed by atoms with Crippen molar-refractivity contribution >= 4 is 39.2 Å². The summed E-state index contributed by atoms with van der Waals surface area (Å²) in [6, 6.07) is 12.9. The van der Waals surface area contributed by atoms with Gasteiger partial charge in [0.05, 0.1) is 10.6 Å². The molecule has 2 N–H and O–H groups in total. The van der Waals surface area contributed by atoms with Gasteiger partial charge >= 0.3 is 5.97 Å². The van der Waals surface area contributed by atoms with Gasteiger partial charge < -0.3 is 10.4 Å². The maximum absolute atomic E-state index is 10.9. The Balaban J connectivity index is 2.18. The number of carbonyl (C=O) groups is 1. The van der Waals surface area contributed by atoms with Gasteiger partial charge in [-0.1, -0.05) is 39.7 Å². The molecular weight excluding hydrogens is 342 g/mol. The Morgan fingerprint density at radius 3 is 2.65 bits per heavy atom. The summed E-state index contributed by atoms with van der Waals surface area (Å²) in [5.41, 5.74) is 2.01. The number of carboxylic acids is 1. The van der Waals surface area contributed by atoms with E-state index in [2.05, 4.69) is 21.2 Å². The van der Waals surface area contributed by atoms with E-state index in [1.165, 1.54) is 6.07 Å². The summed E-state index contributed by atoms with van der Waals surface area (Å²) in [4.78, 5) is 10.9. The second-order valence-electron chi connectivity index (χ2n) is 4.42. The van der Waals surface area contributed by atoms with Crippen LogP contribution in [-0.2, 0) is 0 Å². The normalized spacial score (nSPS) is 11.9.